The van der Waals surface area contributed by atoms with Gasteiger partial charge in [0, 0.05) is 22.5 Å². The Morgan fingerprint density at radius 1 is 0.448 bits per heavy atom. The van der Waals surface area contributed by atoms with Crippen LogP contribution in [-0.2, 0) is 16.2 Å². The molecule has 304 valence electrons. The first-order chi connectivity index (χ1) is 27.1. The fourth-order valence-corrected chi connectivity index (χ4v) is 7.91. The number of halogens is 2. The molecule has 0 aliphatic heterocycles. The zero-order valence-corrected chi connectivity index (χ0v) is 39.6. The molecule has 5 aromatic carbocycles. The van der Waals surface area contributed by atoms with Gasteiger partial charge in [0.2, 0.25) is 0 Å². The number of ether oxygens (including phenoxy) is 2. The monoisotopic (exact) mass is 902 g/mol. The van der Waals surface area contributed by atoms with Crippen molar-refractivity contribution in [3.8, 4) is 23.0 Å². The van der Waals surface area contributed by atoms with Crippen molar-refractivity contribution in [1.29, 1.82) is 0 Å². The minimum Gasteiger partial charge on any atom is -0.454 e. The number of para-hydroxylation sites is 4. The van der Waals surface area contributed by atoms with Crippen LogP contribution in [0.2, 0.25) is 0 Å². The van der Waals surface area contributed by atoms with Crippen LogP contribution in [0.3, 0.4) is 0 Å². The highest BCUT2D eigenvalue weighted by atomic mass is 79.9. The maximum absolute atomic E-state index is 6.65. The van der Waals surface area contributed by atoms with E-state index in [9.17, 15) is 0 Å². The average molecular weight is 905 g/mol. The fraction of sp³-hybridized carbons (Fsp3) is 0.346. The van der Waals surface area contributed by atoms with Crippen LogP contribution in [0, 0.1) is 5.41 Å². The fourth-order valence-electron chi connectivity index (χ4n) is 6.99. The lowest BCUT2D eigenvalue weighted by Crippen LogP contribution is -2.17. The molecule has 1 aliphatic rings. The first-order valence-corrected chi connectivity index (χ1v) is 21.9. The number of hydrogen-bond acceptors (Lipinski definition) is 4. The van der Waals surface area contributed by atoms with E-state index in [1.807, 2.05) is 30.3 Å². The van der Waals surface area contributed by atoms with Crippen LogP contribution in [-0.4, -0.2) is 0 Å². The van der Waals surface area contributed by atoms with E-state index in [1.165, 1.54) is 22.3 Å². The highest BCUT2D eigenvalue weighted by Crippen LogP contribution is 2.45. The van der Waals surface area contributed by atoms with Crippen LogP contribution in [0.1, 0.15) is 118 Å². The van der Waals surface area contributed by atoms with E-state index < -0.39 is 0 Å². The smallest absolute Gasteiger partial charge is 0.150 e. The molecule has 0 fully saturated rings. The molecule has 0 heterocycles. The van der Waals surface area contributed by atoms with Crippen molar-refractivity contribution in [2.75, 3.05) is 10.6 Å². The van der Waals surface area contributed by atoms with Crippen molar-refractivity contribution >= 4 is 54.5 Å². The molecule has 0 saturated heterocycles. The predicted octanol–water partition coefficient (Wildman–Crippen LogP) is 17.0. The Morgan fingerprint density at radius 2 is 0.897 bits per heavy atom. The van der Waals surface area contributed by atoms with Crippen LogP contribution >= 0.6 is 31.9 Å². The molecule has 58 heavy (non-hydrogen) atoms. The lowest BCUT2D eigenvalue weighted by molar-refractivity contribution is 0.477. The van der Waals surface area contributed by atoms with Crippen molar-refractivity contribution in [2.24, 2.45) is 5.41 Å². The SMILES string of the molecule is CC(C)(C)C1=CC(c2cc(C(C)(C)C)ccc2Nc2ccccc2Oc2ccc(C(C)(C)C)cc2Br)=C(Nc2ccccc2Oc2ccc(C(C)(C)C)cc2Br)CC1. The zero-order valence-electron chi connectivity index (χ0n) is 36.4. The molecule has 6 heteroatoms. The Labute approximate surface area is 364 Å². The summed E-state index contributed by atoms with van der Waals surface area (Å²) in [5.41, 5.74) is 11.4. The Kier molecular flexibility index (Phi) is 12.5. The lowest BCUT2D eigenvalue weighted by atomic mass is 9.77. The summed E-state index contributed by atoms with van der Waals surface area (Å²) in [6.07, 6.45) is 4.23. The Hall–Kier alpha value is -4.26. The maximum Gasteiger partial charge on any atom is 0.150 e. The summed E-state index contributed by atoms with van der Waals surface area (Å²) in [6, 6.07) is 35.9. The third kappa shape index (κ3) is 10.3. The summed E-state index contributed by atoms with van der Waals surface area (Å²) in [4.78, 5) is 0. The second-order valence-corrected chi connectivity index (χ2v) is 21.3. The van der Waals surface area contributed by atoms with Crippen molar-refractivity contribution in [3.63, 3.8) is 0 Å². The van der Waals surface area contributed by atoms with E-state index in [0.717, 1.165) is 78.7 Å². The second kappa shape index (κ2) is 16.8. The van der Waals surface area contributed by atoms with Gasteiger partial charge in [-0.2, -0.15) is 0 Å². The van der Waals surface area contributed by atoms with Gasteiger partial charge in [0.05, 0.1) is 20.3 Å². The predicted molar refractivity (Wildman–Crippen MR) is 254 cm³/mol. The quantitative estimate of drug-likeness (QED) is 0.155. The van der Waals surface area contributed by atoms with Gasteiger partial charge in [0.25, 0.3) is 0 Å². The first-order valence-electron chi connectivity index (χ1n) is 20.3. The molecular weight excluding hydrogens is 844 g/mol. The molecule has 0 atom stereocenters. The molecule has 2 N–H and O–H groups in total. The van der Waals surface area contributed by atoms with Crippen LogP contribution in [0.5, 0.6) is 23.0 Å². The first kappa shape index (κ1) is 43.3. The Morgan fingerprint density at radius 3 is 1.36 bits per heavy atom. The minimum atomic E-state index is -0.0600. The molecule has 4 nitrogen and oxygen atoms in total. The molecule has 1 aliphatic carbocycles. The van der Waals surface area contributed by atoms with Crippen molar-refractivity contribution in [1.82, 2.24) is 0 Å². The molecule has 0 unspecified atom stereocenters. The third-order valence-corrected chi connectivity index (χ3v) is 12.0. The van der Waals surface area contributed by atoms with Crippen LogP contribution in [0.4, 0.5) is 17.1 Å². The summed E-state index contributed by atoms with van der Waals surface area (Å²) < 4.78 is 15.1. The van der Waals surface area contributed by atoms with E-state index in [1.54, 1.807) is 0 Å². The van der Waals surface area contributed by atoms with Crippen LogP contribution in [0.25, 0.3) is 5.57 Å². The van der Waals surface area contributed by atoms with E-state index in [-0.39, 0.29) is 21.7 Å². The molecule has 0 radical (unpaired) electrons. The van der Waals surface area contributed by atoms with Crippen molar-refractivity contribution in [3.05, 3.63) is 152 Å². The molecule has 0 bridgehead atoms. The standard InChI is InChI=1S/C52H60Br2N2O2/c1-49(2,3)33-21-25-41(55-43-17-13-15-19-47(43)57-45-27-23-35(31-39(45)53)51(7,8)9)37(29-33)38-30-34(50(4,5)6)22-26-42(38)56-44-18-14-16-20-48(44)58-46-28-24-36(32-40(46)54)52(10,11)12/h13-21,23-25,27-32,55-56H,22,26H2,1-12H3. The molecular formula is C52H60Br2N2O2. The number of rotatable bonds is 9. The topological polar surface area (TPSA) is 42.5 Å². The normalized spacial score (nSPS) is 13.9. The average Bonchev–Trinajstić information content (AvgIpc) is 3.13. The molecule has 0 aromatic heterocycles. The summed E-state index contributed by atoms with van der Waals surface area (Å²) in [7, 11) is 0. The molecule has 0 amide bonds. The van der Waals surface area contributed by atoms with Gasteiger partial charge in [0.1, 0.15) is 11.5 Å². The largest absolute Gasteiger partial charge is 0.454 e. The van der Waals surface area contributed by atoms with Gasteiger partial charge in [-0.1, -0.05) is 137 Å². The van der Waals surface area contributed by atoms with E-state index in [0.29, 0.717) is 0 Å². The van der Waals surface area contributed by atoms with Crippen LogP contribution < -0.4 is 20.1 Å². The number of nitrogens with one attached hydrogen (secondary N) is 2. The van der Waals surface area contributed by atoms with Gasteiger partial charge in [-0.15, -0.1) is 0 Å². The maximum atomic E-state index is 6.65. The summed E-state index contributed by atoms with van der Waals surface area (Å²) in [5, 5.41) is 7.73. The van der Waals surface area contributed by atoms with E-state index in [2.05, 4.69) is 204 Å². The molecule has 0 spiro atoms. The lowest BCUT2D eigenvalue weighted by Gasteiger charge is -2.31. The molecule has 0 saturated carbocycles. The highest BCUT2D eigenvalue weighted by Gasteiger charge is 2.27. The Bertz CT molecular complexity index is 2360. The highest BCUT2D eigenvalue weighted by molar-refractivity contribution is 9.11. The Balaban J connectivity index is 1.44. The number of anilines is 3. The molecule has 5 aromatic rings. The second-order valence-electron chi connectivity index (χ2n) is 19.6. The van der Waals surface area contributed by atoms with E-state index >= 15 is 0 Å². The third-order valence-electron chi connectivity index (χ3n) is 10.8. The van der Waals surface area contributed by atoms with Gasteiger partial charge in [0.15, 0.2) is 11.5 Å². The number of hydrogen-bond donors (Lipinski definition) is 2. The van der Waals surface area contributed by atoms with E-state index in [4.69, 9.17) is 9.47 Å². The number of benzene rings is 5. The van der Waals surface area contributed by atoms with Crippen molar-refractivity contribution in [2.45, 2.75) is 112 Å². The van der Waals surface area contributed by atoms with Gasteiger partial charge in [-0.05, 0) is 144 Å². The summed E-state index contributed by atoms with van der Waals surface area (Å²) in [5.74, 6) is 3.05. The summed E-state index contributed by atoms with van der Waals surface area (Å²) in [6.45, 7) is 27.1. The van der Waals surface area contributed by atoms with Crippen LogP contribution in [0.15, 0.2) is 129 Å². The summed E-state index contributed by atoms with van der Waals surface area (Å²) >= 11 is 7.59. The van der Waals surface area contributed by atoms with Gasteiger partial charge >= 0.3 is 0 Å². The van der Waals surface area contributed by atoms with Gasteiger partial charge in [-0.25, -0.2) is 0 Å². The van der Waals surface area contributed by atoms with Crippen molar-refractivity contribution < 1.29 is 9.47 Å². The zero-order chi connectivity index (χ0) is 42.2. The van der Waals surface area contributed by atoms with Gasteiger partial charge < -0.3 is 20.1 Å². The molecule has 6 rings (SSSR count). The number of allylic oxidation sites excluding steroid dienone is 4. The minimum absolute atomic E-state index is 0.00882. The van der Waals surface area contributed by atoms with Gasteiger partial charge in [-0.3, -0.25) is 0 Å².